The largest absolute Gasteiger partial charge is 0.379 e. The van der Waals surface area contributed by atoms with Crippen LogP contribution in [-0.4, -0.2) is 18.6 Å². The van der Waals surface area contributed by atoms with Gasteiger partial charge < -0.3 is 4.74 Å². The Bertz CT molecular complexity index is 138. The van der Waals surface area contributed by atoms with Gasteiger partial charge in [-0.2, -0.15) is 0 Å². The zero-order valence-electron chi connectivity index (χ0n) is 8.51. The molecule has 0 radical (unpaired) electrons. The first-order valence-corrected chi connectivity index (χ1v) is 4.78. The molecule has 13 heavy (non-hydrogen) atoms. The summed E-state index contributed by atoms with van der Waals surface area (Å²) in [6.07, 6.45) is 3.71. The van der Waals surface area contributed by atoms with E-state index in [9.17, 15) is 4.79 Å². The average molecular weight is 188 g/mol. The fourth-order valence-corrected chi connectivity index (χ4v) is 0.956. The summed E-state index contributed by atoms with van der Waals surface area (Å²) in [7, 11) is 0. The van der Waals surface area contributed by atoms with Gasteiger partial charge >= 0.3 is 0 Å². The molecule has 0 saturated heterocycles. The van der Waals surface area contributed by atoms with E-state index in [1.54, 1.807) is 0 Å². The number of unbranched alkanes of at least 4 members (excludes halogenated alkanes) is 2. The van der Waals surface area contributed by atoms with Gasteiger partial charge in [-0.1, -0.05) is 6.42 Å². The van der Waals surface area contributed by atoms with Crippen molar-refractivity contribution < 1.29 is 9.53 Å². The zero-order chi connectivity index (χ0) is 10.1. The van der Waals surface area contributed by atoms with E-state index in [0.29, 0.717) is 12.5 Å². The molecule has 0 aliphatic rings. The predicted molar refractivity (Wildman–Crippen MR) is 51.9 cm³/mol. The van der Waals surface area contributed by atoms with Crippen LogP contribution in [0.4, 0.5) is 0 Å². The molecule has 0 rings (SSSR count). The van der Waals surface area contributed by atoms with E-state index in [-0.39, 0.29) is 5.91 Å². The maximum atomic E-state index is 10.7. The molecule has 0 fully saturated rings. The van der Waals surface area contributed by atoms with Crippen molar-refractivity contribution in [2.24, 2.45) is 5.84 Å². The van der Waals surface area contributed by atoms with Crippen LogP contribution in [0.3, 0.4) is 0 Å². The van der Waals surface area contributed by atoms with Crippen LogP contribution in [0.15, 0.2) is 0 Å². The SMILES string of the molecule is CC(C)OCCCCCC(=O)NN. The van der Waals surface area contributed by atoms with Crippen LogP contribution in [0.5, 0.6) is 0 Å². The fourth-order valence-electron chi connectivity index (χ4n) is 0.956. The first kappa shape index (κ1) is 12.4. The number of nitrogens with two attached hydrogens (primary N) is 1. The lowest BCUT2D eigenvalue weighted by molar-refractivity contribution is -0.121. The Morgan fingerprint density at radius 2 is 2.08 bits per heavy atom. The van der Waals surface area contributed by atoms with Gasteiger partial charge in [-0.25, -0.2) is 5.84 Å². The van der Waals surface area contributed by atoms with E-state index < -0.39 is 0 Å². The van der Waals surface area contributed by atoms with Gasteiger partial charge in [0.1, 0.15) is 0 Å². The van der Waals surface area contributed by atoms with E-state index in [0.717, 1.165) is 25.9 Å². The Labute approximate surface area is 79.8 Å². The molecule has 0 bridgehead atoms. The summed E-state index contributed by atoms with van der Waals surface area (Å²) in [6, 6.07) is 0. The van der Waals surface area contributed by atoms with Crippen molar-refractivity contribution in [1.82, 2.24) is 5.43 Å². The maximum Gasteiger partial charge on any atom is 0.233 e. The third-order valence-corrected chi connectivity index (χ3v) is 1.66. The molecule has 0 aromatic heterocycles. The molecule has 0 saturated carbocycles. The molecular formula is C9H20N2O2. The van der Waals surface area contributed by atoms with Gasteiger partial charge in [-0.3, -0.25) is 10.2 Å². The summed E-state index contributed by atoms with van der Waals surface area (Å²) in [4.78, 5) is 10.7. The number of rotatable bonds is 7. The van der Waals surface area contributed by atoms with Gasteiger partial charge in [0.15, 0.2) is 0 Å². The second-order valence-corrected chi connectivity index (χ2v) is 3.30. The Kier molecular flexibility index (Phi) is 7.63. The number of ether oxygens (including phenoxy) is 1. The molecule has 0 aliphatic heterocycles. The minimum absolute atomic E-state index is 0.0928. The van der Waals surface area contributed by atoms with Gasteiger partial charge in [0.05, 0.1) is 6.10 Å². The highest BCUT2D eigenvalue weighted by Gasteiger charge is 1.98. The van der Waals surface area contributed by atoms with Gasteiger partial charge in [-0.15, -0.1) is 0 Å². The minimum Gasteiger partial charge on any atom is -0.379 e. The number of amides is 1. The summed E-state index contributed by atoms with van der Waals surface area (Å²) in [5, 5.41) is 0. The number of hydrazine groups is 1. The van der Waals surface area contributed by atoms with Crippen molar-refractivity contribution in [3.05, 3.63) is 0 Å². The van der Waals surface area contributed by atoms with Crippen molar-refractivity contribution >= 4 is 5.91 Å². The fraction of sp³-hybridized carbons (Fsp3) is 0.889. The maximum absolute atomic E-state index is 10.7. The lowest BCUT2D eigenvalue weighted by Crippen LogP contribution is -2.29. The summed E-state index contributed by atoms with van der Waals surface area (Å²) in [5.74, 6) is 4.84. The summed E-state index contributed by atoms with van der Waals surface area (Å²) < 4.78 is 5.35. The number of hydrogen-bond donors (Lipinski definition) is 2. The standard InChI is InChI=1S/C9H20N2O2/c1-8(2)13-7-5-3-4-6-9(12)11-10/h8H,3-7,10H2,1-2H3,(H,11,12). The van der Waals surface area contributed by atoms with Crippen LogP contribution >= 0.6 is 0 Å². The van der Waals surface area contributed by atoms with Gasteiger partial charge in [0.25, 0.3) is 0 Å². The van der Waals surface area contributed by atoms with Crippen molar-refractivity contribution in [2.45, 2.75) is 45.6 Å². The Morgan fingerprint density at radius 3 is 2.62 bits per heavy atom. The highest BCUT2D eigenvalue weighted by Crippen LogP contribution is 2.00. The van der Waals surface area contributed by atoms with Crippen LogP contribution in [0.1, 0.15) is 39.5 Å². The normalized spacial score (nSPS) is 10.5. The molecule has 0 aromatic rings. The Morgan fingerprint density at radius 1 is 1.38 bits per heavy atom. The third kappa shape index (κ3) is 9.30. The summed E-state index contributed by atoms with van der Waals surface area (Å²) >= 11 is 0. The highest BCUT2D eigenvalue weighted by atomic mass is 16.5. The number of hydrogen-bond acceptors (Lipinski definition) is 3. The Balaban J connectivity index is 3.04. The molecule has 0 unspecified atom stereocenters. The predicted octanol–water partition coefficient (Wildman–Crippen LogP) is 0.962. The molecule has 78 valence electrons. The molecule has 1 amide bonds. The molecule has 4 heteroatoms. The number of carbonyl (C=O) groups is 1. The second-order valence-electron chi connectivity index (χ2n) is 3.30. The van der Waals surface area contributed by atoms with Crippen LogP contribution in [0.25, 0.3) is 0 Å². The Hall–Kier alpha value is -0.610. The number of carbonyl (C=O) groups excluding carboxylic acids is 1. The zero-order valence-corrected chi connectivity index (χ0v) is 8.51. The molecule has 4 nitrogen and oxygen atoms in total. The topological polar surface area (TPSA) is 64.3 Å². The molecular weight excluding hydrogens is 168 g/mol. The van der Waals surface area contributed by atoms with E-state index in [1.165, 1.54) is 0 Å². The lowest BCUT2D eigenvalue weighted by Gasteiger charge is -2.06. The molecule has 0 atom stereocenters. The minimum atomic E-state index is -0.0928. The van der Waals surface area contributed by atoms with Crippen molar-refractivity contribution in [3.63, 3.8) is 0 Å². The van der Waals surface area contributed by atoms with E-state index in [4.69, 9.17) is 10.6 Å². The first-order chi connectivity index (χ1) is 6.16. The smallest absolute Gasteiger partial charge is 0.233 e. The molecule has 0 spiro atoms. The summed E-state index contributed by atoms with van der Waals surface area (Å²) in [6.45, 7) is 4.81. The number of nitrogens with one attached hydrogen (secondary N) is 1. The van der Waals surface area contributed by atoms with Crippen molar-refractivity contribution in [1.29, 1.82) is 0 Å². The van der Waals surface area contributed by atoms with Crippen LogP contribution in [0, 0.1) is 0 Å². The van der Waals surface area contributed by atoms with Gasteiger partial charge in [0, 0.05) is 13.0 Å². The van der Waals surface area contributed by atoms with Crippen LogP contribution in [-0.2, 0) is 9.53 Å². The molecule has 0 aliphatic carbocycles. The second kappa shape index (κ2) is 8.01. The quantitative estimate of drug-likeness (QED) is 0.271. The first-order valence-electron chi connectivity index (χ1n) is 4.78. The average Bonchev–Trinajstić information content (AvgIpc) is 2.10. The highest BCUT2D eigenvalue weighted by molar-refractivity contribution is 5.74. The third-order valence-electron chi connectivity index (χ3n) is 1.66. The van der Waals surface area contributed by atoms with Crippen LogP contribution < -0.4 is 11.3 Å². The van der Waals surface area contributed by atoms with E-state index >= 15 is 0 Å². The van der Waals surface area contributed by atoms with Gasteiger partial charge in [0.2, 0.25) is 5.91 Å². The molecule has 0 heterocycles. The van der Waals surface area contributed by atoms with E-state index in [2.05, 4.69) is 5.43 Å². The van der Waals surface area contributed by atoms with Crippen LogP contribution in [0.2, 0.25) is 0 Å². The summed E-state index contributed by atoms with van der Waals surface area (Å²) in [5.41, 5.74) is 2.10. The van der Waals surface area contributed by atoms with Gasteiger partial charge in [-0.05, 0) is 26.7 Å². The van der Waals surface area contributed by atoms with Crippen molar-refractivity contribution in [2.75, 3.05) is 6.61 Å². The van der Waals surface area contributed by atoms with Crippen molar-refractivity contribution in [3.8, 4) is 0 Å². The van der Waals surface area contributed by atoms with E-state index in [1.807, 2.05) is 13.8 Å². The molecule has 3 N–H and O–H groups in total. The monoisotopic (exact) mass is 188 g/mol. The lowest BCUT2D eigenvalue weighted by atomic mass is 10.2. The molecule has 0 aromatic carbocycles.